The highest BCUT2D eigenvalue weighted by Gasteiger charge is 2.55. The van der Waals surface area contributed by atoms with Crippen molar-refractivity contribution in [2.75, 3.05) is 27.3 Å². The summed E-state index contributed by atoms with van der Waals surface area (Å²) in [5.41, 5.74) is 0.728. The number of piperidine rings is 1. The molecule has 0 amide bonds. The van der Waals surface area contributed by atoms with Crippen molar-refractivity contribution < 1.29 is 14.6 Å². The van der Waals surface area contributed by atoms with Crippen molar-refractivity contribution in [3.05, 3.63) is 22.7 Å². The Morgan fingerprint density at radius 2 is 1.83 bits per heavy atom. The maximum atomic E-state index is 10.5. The predicted octanol–water partition coefficient (Wildman–Crippen LogP) is 3.48. The molecule has 128 valence electrons. The molecule has 1 spiro atoms. The zero-order valence-electron chi connectivity index (χ0n) is 14.2. The standard InChI is InChI=1S/C18H26ClNO3/c1-17(21)6-7-18(17)8-10-20(11-9-18)12-13-4-5-14(22-2)16(23-3)15(13)19/h4-5,21H,6-12H2,1-3H3. The number of nitrogens with zero attached hydrogens (tertiary/aromatic N) is 1. The minimum Gasteiger partial charge on any atom is -0.493 e. The third-order valence-electron chi connectivity index (χ3n) is 6.00. The van der Waals surface area contributed by atoms with Gasteiger partial charge in [0, 0.05) is 12.0 Å². The Balaban J connectivity index is 1.68. The summed E-state index contributed by atoms with van der Waals surface area (Å²) in [6, 6.07) is 3.91. The lowest BCUT2D eigenvalue weighted by atomic mass is 9.53. The van der Waals surface area contributed by atoms with Gasteiger partial charge in [-0.25, -0.2) is 0 Å². The number of methoxy groups -OCH3 is 2. The van der Waals surface area contributed by atoms with E-state index in [-0.39, 0.29) is 5.41 Å². The molecule has 1 saturated carbocycles. The number of benzene rings is 1. The molecule has 1 aliphatic carbocycles. The maximum absolute atomic E-state index is 10.5. The van der Waals surface area contributed by atoms with Gasteiger partial charge in [-0.2, -0.15) is 0 Å². The number of halogens is 1. The van der Waals surface area contributed by atoms with Gasteiger partial charge in [-0.1, -0.05) is 17.7 Å². The van der Waals surface area contributed by atoms with Crippen molar-refractivity contribution in [1.29, 1.82) is 0 Å². The molecule has 0 radical (unpaired) electrons. The molecule has 3 rings (SSSR count). The van der Waals surface area contributed by atoms with Crippen LogP contribution in [0.15, 0.2) is 12.1 Å². The molecule has 0 bridgehead atoms. The SMILES string of the molecule is COc1ccc(CN2CCC3(CC2)CCC3(C)O)c(Cl)c1OC. The zero-order chi connectivity index (χ0) is 16.7. The van der Waals surface area contributed by atoms with Gasteiger partial charge in [-0.3, -0.25) is 4.90 Å². The highest BCUT2D eigenvalue weighted by atomic mass is 35.5. The summed E-state index contributed by atoms with van der Waals surface area (Å²) in [6.07, 6.45) is 4.22. The largest absolute Gasteiger partial charge is 0.493 e. The molecule has 1 aromatic rings. The van der Waals surface area contributed by atoms with Crippen LogP contribution >= 0.6 is 11.6 Å². The molecule has 2 fully saturated rings. The molecule has 1 unspecified atom stereocenters. The molecule has 1 aromatic carbocycles. The van der Waals surface area contributed by atoms with Gasteiger partial charge in [0.15, 0.2) is 11.5 Å². The van der Waals surface area contributed by atoms with Crippen LogP contribution in [0.4, 0.5) is 0 Å². The Labute approximate surface area is 143 Å². The van der Waals surface area contributed by atoms with Crippen molar-refractivity contribution in [1.82, 2.24) is 4.90 Å². The topological polar surface area (TPSA) is 41.9 Å². The van der Waals surface area contributed by atoms with Crippen LogP contribution < -0.4 is 9.47 Å². The highest BCUT2D eigenvalue weighted by molar-refractivity contribution is 6.33. The second-order valence-electron chi connectivity index (χ2n) is 7.10. The van der Waals surface area contributed by atoms with E-state index in [1.54, 1.807) is 14.2 Å². The predicted molar refractivity (Wildman–Crippen MR) is 91.4 cm³/mol. The normalized spacial score (nSPS) is 26.8. The second kappa shape index (κ2) is 6.15. The van der Waals surface area contributed by atoms with E-state index in [4.69, 9.17) is 21.1 Å². The maximum Gasteiger partial charge on any atom is 0.179 e. The van der Waals surface area contributed by atoms with Crippen molar-refractivity contribution >= 4 is 11.6 Å². The molecule has 5 heteroatoms. The van der Waals surface area contributed by atoms with Gasteiger partial charge >= 0.3 is 0 Å². The molecule has 4 nitrogen and oxygen atoms in total. The van der Waals surface area contributed by atoms with Crippen molar-refractivity contribution in [3.8, 4) is 11.5 Å². The van der Waals surface area contributed by atoms with Crippen LogP contribution in [-0.2, 0) is 6.54 Å². The highest BCUT2D eigenvalue weighted by Crippen LogP contribution is 2.56. The van der Waals surface area contributed by atoms with E-state index >= 15 is 0 Å². The van der Waals surface area contributed by atoms with Crippen LogP contribution in [-0.4, -0.2) is 42.9 Å². The summed E-state index contributed by atoms with van der Waals surface area (Å²) in [6.45, 7) is 4.80. The summed E-state index contributed by atoms with van der Waals surface area (Å²) in [7, 11) is 3.22. The van der Waals surface area contributed by atoms with Crippen LogP contribution in [0.3, 0.4) is 0 Å². The first-order valence-electron chi connectivity index (χ1n) is 8.26. The van der Waals surface area contributed by atoms with Gasteiger partial charge in [-0.05, 0) is 57.3 Å². The quantitative estimate of drug-likeness (QED) is 0.911. The molecule has 1 N–H and O–H groups in total. The van der Waals surface area contributed by atoms with Gasteiger partial charge in [0.1, 0.15) is 0 Å². The lowest BCUT2D eigenvalue weighted by Crippen LogP contribution is -2.59. The van der Waals surface area contributed by atoms with E-state index in [1.807, 2.05) is 19.1 Å². The van der Waals surface area contributed by atoms with E-state index in [1.165, 1.54) is 0 Å². The Morgan fingerprint density at radius 3 is 2.30 bits per heavy atom. The van der Waals surface area contributed by atoms with Crippen molar-refractivity contribution in [2.24, 2.45) is 5.41 Å². The van der Waals surface area contributed by atoms with Gasteiger partial charge in [0.2, 0.25) is 0 Å². The average Bonchev–Trinajstić information content (AvgIpc) is 2.56. The first kappa shape index (κ1) is 16.9. The minimum absolute atomic E-state index is 0.144. The number of aliphatic hydroxyl groups is 1. The van der Waals surface area contributed by atoms with Gasteiger partial charge in [0.05, 0.1) is 24.8 Å². The third-order valence-corrected chi connectivity index (χ3v) is 6.42. The fourth-order valence-corrected chi connectivity index (χ4v) is 4.35. The molecule has 1 aliphatic heterocycles. The Hall–Kier alpha value is -0.970. The monoisotopic (exact) mass is 339 g/mol. The first-order chi connectivity index (χ1) is 10.9. The molecule has 2 aliphatic rings. The number of rotatable bonds is 4. The first-order valence-corrected chi connectivity index (χ1v) is 8.64. The molecule has 0 aromatic heterocycles. The summed E-state index contributed by atoms with van der Waals surface area (Å²) >= 11 is 6.48. The molecule has 1 atom stereocenters. The number of likely N-dealkylation sites (tertiary alicyclic amines) is 1. The van der Waals surface area contributed by atoms with E-state index < -0.39 is 5.60 Å². The third kappa shape index (κ3) is 2.81. The molecular formula is C18H26ClNO3. The summed E-state index contributed by atoms with van der Waals surface area (Å²) in [4.78, 5) is 2.41. The molecule has 23 heavy (non-hydrogen) atoms. The van der Waals surface area contributed by atoms with Crippen molar-refractivity contribution in [3.63, 3.8) is 0 Å². The van der Waals surface area contributed by atoms with Crippen molar-refractivity contribution in [2.45, 2.75) is 44.8 Å². The number of hydrogen-bond acceptors (Lipinski definition) is 4. The van der Waals surface area contributed by atoms with E-state index in [0.29, 0.717) is 16.5 Å². The van der Waals surface area contributed by atoms with Gasteiger partial charge in [0.25, 0.3) is 0 Å². The molecule has 1 saturated heterocycles. The lowest BCUT2D eigenvalue weighted by molar-refractivity contribution is -0.177. The van der Waals surface area contributed by atoms with Crippen LogP contribution in [0.5, 0.6) is 11.5 Å². The average molecular weight is 340 g/mol. The van der Waals surface area contributed by atoms with E-state index in [0.717, 1.165) is 50.9 Å². The lowest BCUT2D eigenvalue weighted by Gasteiger charge is -2.58. The van der Waals surface area contributed by atoms with Crippen LogP contribution in [0, 0.1) is 5.41 Å². The fourth-order valence-electron chi connectivity index (χ4n) is 4.06. The van der Waals surface area contributed by atoms with E-state index in [9.17, 15) is 5.11 Å². The van der Waals surface area contributed by atoms with Crippen LogP contribution in [0.1, 0.15) is 38.2 Å². The summed E-state index contributed by atoms with van der Waals surface area (Å²) in [5.74, 6) is 1.26. The number of ether oxygens (including phenoxy) is 2. The Kier molecular flexibility index (Phi) is 4.51. The molecule has 1 heterocycles. The Morgan fingerprint density at radius 1 is 1.13 bits per heavy atom. The van der Waals surface area contributed by atoms with Gasteiger partial charge < -0.3 is 14.6 Å². The number of hydrogen-bond donors (Lipinski definition) is 1. The minimum atomic E-state index is -0.472. The smallest absolute Gasteiger partial charge is 0.179 e. The van der Waals surface area contributed by atoms with E-state index in [2.05, 4.69) is 4.90 Å². The van der Waals surface area contributed by atoms with Gasteiger partial charge in [-0.15, -0.1) is 0 Å². The second-order valence-corrected chi connectivity index (χ2v) is 7.48. The Bertz CT molecular complexity index is 580. The van der Waals surface area contributed by atoms with Crippen LogP contribution in [0.25, 0.3) is 0 Å². The molecular weight excluding hydrogens is 314 g/mol. The summed E-state index contributed by atoms with van der Waals surface area (Å²) < 4.78 is 10.7. The fraction of sp³-hybridized carbons (Fsp3) is 0.667. The summed E-state index contributed by atoms with van der Waals surface area (Å²) in [5, 5.41) is 11.1. The zero-order valence-corrected chi connectivity index (χ0v) is 14.9. The van der Waals surface area contributed by atoms with Crippen LogP contribution in [0.2, 0.25) is 5.02 Å².